The van der Waals surface area contributed by atoms with Gasteiger partial charge >= 0.3 is 15.2 Å². The molecule has 45 heavy (non-hydrogen) atoms. The number of anilines is 1. The normalized spacial score (nSPS) is 31.2. The average Bonchev–Trinajstić information content (AvgIpc) is 3.61. The van der Waals surface area contributed by atoms with Crippen LogP contribution >= 0.6 is 15.2 Å². The Morgan fingerprint density at radius 2 is 1.51 bits per heavy atom. The molecule has 0 radical (unpaired) electrons. The van der Waals surface area contributed by atoms with Crippen LogP contribution in [-0.2, 0) is 27.7 Å². The van der Waals surface area contributed by atoms with Gasteiger partial charge in [0.1, 0.15) is 54.0 Å². The standard InChI is InChI=1S/C22H29N7O14P2/c23-18-13-20(26-6-25-18)29(7-27-13)22-17(34)15(32)12(43-22)5-41-45(38,39)8-44(36,37)40-4-11-14(31)16(33)21(42-11)28-2-1-10(30)9(3-28)19(24)35/h1-3,6-7,11-12,14-17,21-22,31-34H,4-5,8H2,(H2,24,35)(H,36,37)(H,38,39)(H2,23,25,26)/t11-,12-,14-,15-,16-,17-,21-,22-/m1/s1. The summed E-state index contributed by atoms with van der Waals surface area (Å²) in [6, 6.07) is 0.981. The van der Waals surface area contributed by atoms with Gasteiger partial charge in [0.15, 0.2) is 35.3 Å². The molecular weight excluding hydrogens is 648 g/mol. The SMILES string of the molecule is NC(=O)c1cn([C@@H]2O[C@H](COP(=O)(O)CP(=O)(O)OC[C@H]3O[C@@H](n4cnc5c(N)ncnc54)[C@H](O)[C@@H]3O)[C@@H](O)[C@H]2O)ccc1=O. The molecule has 0 saturated carbocycles. The Balaban J connectivity index is 1.16. The van der Waals surface area contributed by atoms with Crippen LogP contribution in [0.3, 0.4) is 0 Å². The Kier molecular flexibility index (Phi) is 9.26. The number of nitrogen functional groups attached to an aromatic ring is 1. The molecule has 0 aromatic carbocycles. The van der Waals surface area contributed by atoms with Crippen LogP contribution in [0.15, 0.2) is 35.9 Å². The van der Waals surface area contributed by atoms with Gasteiger partial charge in [-0.2, -0.15) is 0 Å². The Morgan fingerprint density at radius 3 is 2.11 bits per heavy atom. The van der Waals surface area contributed by atoms with Gasteiger partial charge in [0.25, 0.3) is 5.91 Å². The Hall–Kier alpha value is -3.17. The number of amides is 1. The molecule has 2 aliphatic rings. The summed E-state index contributed by atoms with van der Waals surface area (Å²) in [6.07, 6.45) is -7.38. The van der Waals surface area contributed by atoms with Crippen LogP contribution in [-0.4, -0.2) is 116 Å². The lowest BCUT2D eigenvalue weighted by Gasteiger charge is -2.21. The summed E-state index contributed by atoms with van der Waals surface area (Å²) in [4.78, 5) is 55.6. The molecule has 2 fully saturated rings. The van der Waals surface area contributed by atoms with Crippen molar-refractivity contribution in [1.82, 2.24) is 24.1 Å². The van der Waals surface area contributed by atoms with E-state index in [1.165, 1.54) is 10.9 Å². The summed E-state index contributed by atoms with van der Waals surface area (Å²) in [5.41, 5.74) is 10.2. The van der Waals surface area contributed by atoms with E-state index in [9.17, 15) is 48.9 Å². The minimum Gasteiger partial charge on any atom is -0.387 e. The average molecular weight is 677 g/mol. The number of hydrogen-bond acceptors (Lipinski definition) is 16. The van der Waals surface area contributed by atoms with Crippen molar-refractivity contribution in [3.05, 3.63) is 46.9 Å². The number of aliphatic hydroxyl groups excluding tert-OH is 4. The van der Waals surface area contributed by atoms with Crippen molar-refractivity contribution in [2.24, 2.45) is 5.73 Å². The van der Waals surface area contributed by atoms with E-state index >= 15 is 0 Å². The van der Waals surface area contributed by atoms with E-state index in [4.69, 9.17) is 30.0 Å². The highest BCUT2D eigenvalue weighted by molar-refractivity contribution is 7.70. The van der Waals surface area contributed by atoms with Crippen LogP contribution in [0.5, 0.6) is 0 Å². The second kappa shape index (κ2) is 12.6. The van der Waals surface area contributed by atoms with Crippen molar-refractivity contribution in [3.8, 4) is 0 Å². The van der Waals surface area contributed by atoms with E-state index in [0.717, 1.165) is 29.4 Å². The molecule has 0 spiro atoms. The molecule has 5 heterocycles. The van der Waals surface area contributed by atoms with E-state index in [2.05, 4.69) is 15.0 Å². The van der Waals surface area contributed by atoms with Crippen molar-refractivity contribution in [2.45, 2.75) is 49.1 Å². The molecule has 3 aromatic rings. The van der Waals surface area contributed by atoms with Crippen LogP contribution in [0.2, 0.25) is 0 Å². The molecular formula is C22H29N7O14P2. The first-order chi connectivity index (χ1) is 21.1. The summed E-state index contributed by atoms with van der Waals surface area (Å²) in [5, 5.41) is 41.7. The number of imidazole rings is 1. The monoisotopic (exact) mass is 677 g/mol. The van der Waals surface area contributed by atoms with Crippen LogP contribution < -0.4 is 16.9 Å². The minimum atomic E-state index is -4.92. The number of nitrogens with zero attached hydrogens (tertiary/aromatic N) is 5. The fourth-order valence-electron chi connectivity index (χ4n) is 4.80. The minimum absolute atomic E-state index is 0.0568. The van der Waals surface area contributed by atoms with Gasteiger partial charge < -0.3 is 64.8 Å². The Bertz CT molecular complexity index is 1740. The molecule has 5 rings (SSSR count). The lowest BCUT2D eigenvalue weighted by molar-refractivity contribution is -0.0506. The molecule has 23 heteroatoms. The molecule has 2 saturated heterocycles. The smallest absolute Gasteiger partial charge is 0.340 e. The van der Waals surface area contributed by atoms with Crippen LogP contribution in [0.25, 0.3) is 11.2 Å². The van der Waals surface area contributed by atoms with Crippen molar-refractivity contribution < 1.29 is 62.7 Å². The fraction of sp³-hybridized carbons (Fsp3) is 0.500. The topological polar surface area (TPSA) is 327 Å². The highest BCUT2D eigenvalue weighted by atomic mass is 31.2. The zero-order valence-electron chi connectivity index (χ0n) is 22.9. The Labute approximate surface area is 251 Å². The summed E-state index contributed by atoms with van der Waals surface area (Å²) >= 11 is 0. The number of ether oxygens (including phenoxy) is 2. The number of fused-ring (bicyclic) bond motifs is 1. The number of carbonyl (C=O) groups is 1. The maximum atomic E-state index is 12.6. The molecule has 0 aliphatic carbocycles. The molecule has 10 N–H and O–H groups in total. The van der Waals surface area contributed by atoms with Crippen LogP contribution in [0.1, 0.15) is 22.8 Å². The van der Waals surface area contributed by atoms with E-state index < -0.39 is 100 Å². The van der Waals surface area contributed by atoms with Gasteiger partial charge in [-0.05, 0) is 0 Å². The highest BCUT2D eigenvalue weighted by Gasteiger charge is 2.47. The zero-order chi connectivity index (χ0) is 32.8. The first-order valence-electron chi connectivity index (χ1n) is 13.0. The largest absolute Gasteiger partial charge is 0.387 e. The number of aliphatic hydroxyl groups is 4. The third kappa shape index (κ3) is 6.85. The van der Waals surface area contributed by atoms with E-state index in [1.807, 2.05) is 0 Å². The first kappa shape index (κ1) is 33.2. The fourth-order valence-corrected chi connectivity index (χ4v) is 8.02. The maximum absolute atomic E-state index is 12.6. The maximum Gasteiger partial charge on any atom is 0.340 e. The molecule has 10 atom stereocenters. The van der Waals surface area contributed by atoms with Gasteiger partial charge in [-0.1, -0.05) is 0 Å². The lowest BCUT2D eigenvalue weighted by Crippen LogP contribution is -2.34. The second-order valence-corrected chi connectivity index (χ2v) is 14.4. The number of carbonyl (C=O) groups excluding carboxylic acids is 1. The number of pyridine rings is 1. The van der Waals surface area contributed by atoms with Crippen molar-refractivity contribution >= 4 is 38.1 Å². The second-order valence-electron chi connectivity index (χ2n) is 10.2. The highest BCUT2D eigenvalue weighted by Crippen LogP contribution is 2.58. The van der Waals surface area contributed by atoms with E-state index in [-0.39, 0.29) is 17.0 Å². The molecule has 0 bridgehead atoms. The quantitative estimate of drug-likeness (QED) is 0.0935. The number of nitrogens with two attached hydrogens (primary N) is 2. The van der Waals surface area contributed by atoms with Gasteiger partial charge in [0, 0.05) is 18.5 Å². The summed E-state index contributed by atoms with van der Waals surface area (Å²) in [7, 11) is -9.82. The molecule has 1 amide bonds. The predicted molar refractivity (Wildman–Crippen MR) is 147 cm³/mol. The van der Waals surface area contributed by atoms with E-state index in [0.29, 0.717) is 0 Å². The van der Waals surface area contributed by atoms with Crippen molar-refractivity contribution in [3.63, 3.8) is 0 Å². The van der Waals surface area contributed by atoms with Gasteiger partial charge in [-0.25, -0.2) is 15.0 Å². The third-order valence-corrected chi connectivity index (χ3v) is 11.0. The third-order valence-electron chi connectivity index (χ3n) is 7.08. The van der Waals surface area contributed by atoms with Crippen molar-refractivity contribution in [1.29, 1.82) is 0 Å². The van der Waals surface area contributed by atoms with Gasteiger partial charge in [0.2, 0.25) is 0 Å². The Morgan fingerprint density at radius 1 is 0.933 bits per heavy atom. The van der Waals surface area contributed by atoms with Gasteiger partial charge in [-0.15, -0.1) is 0 Å². The van der Waals surface area contributed by atoms with Gasteiger partial charge in [-0.3, -0.25) is 23.3 Å². The van der Waals surface area contributed by atoms with E-state index in [1.54, 1.807) is 0 Å². The molecule has 3 aromatic heterocycles. The van der Waals surface area contributed by atoms with Crippen LogP contribution in [0, 0.1) is 0 Å². The molecule has 21 nitrogen and oxygen atoms in total. The summed E-state index contributed by atoms with van der Waals surface area (Å²) < 4.78 is 48.5. The predicted octanol–water partition coefficient (Wildman–Crippen LogP) is -3.03. The first-order valence-corrected chi connectivity index (χ1v) is 16.5. The number of aromatic nitrogens is 5. The molecule has 2 unspecified atom stereocenters. The molecule has 246 valence electrons. The lowest BCUT2D eigenvalue weighted by atomic mass is 10.1. The number of rotatable bonds is 11. The van der Waals surface area contributed by atoms with Gasteiger partial charge in [0.05, 0.1) is 19.5 Å². The summed E-state index contributed by atoms with van der Waals surface area (Å²) in [5.74, 6) is -2.41. The molecule has 2 aliphatic heterocycles. The number of primary amides is 1. The van der Waals surface area contributed by atoms with Crippen molar-refractivity contribution in [2.75, 3.05) is 24.9 Å². The van der Waals surface area contributed by atoms with Crippen LogP contribution in [0.4, 0.5) is 5.82 Å². The zero-order valence-corrected chi connectivity index (χ0v) is 24.7. The summed E-state index contributed by atoms with van der Waals surface area (Å²) in [6.45, 7) is -1.63. The number of hydrogen-bond donors (Lipinski definition) is 8.